The molecule has 0 atom stereocenters. The molecule has 0 N–H and O–H groups in total. The van der Waals surface area contributed by atoms with Gasteiger partial charge in [-0.1, -0.05) is 36.4 Å². The van der Waals surface area contributed by atoms with Gasteiger partial charge in [0.1, 0.15) is 11.4 Å². The lowest BCUT2D eigenvalue weighted by Crippen LogP contribution is -2.26. The SMILES string of the molecule is Fc1cccc(-c2nc3ccn(Cc4ccc(-c5ccc(OCCC6OCCCO6)cc5C(F)(F)F)cc4)cc-3n2)c1F. The minimum absolute atomic E-state index is 0.0280. The van der Waals surface area contributed by atoms with E-state index in [1.54, 1.807) is 42.7 Å². The Morgan fingerprint density at radius 1 is 0.884 bits per heavy atom. The first-order valence-corrected chi connectivity index (χ1v) is 13.7. The van der Waals surface area contributed by atoms with Gasteiger partial charge >= 0.3 is 6.18 Å². The van der Waals surface area contributed by atoms with Crippen LogP contribution in [-0.4, -0.2) is 40.6 Å². The first-order valence-electron chi connectivity index (χ1n) is 13.7. The maximum absolute atomic E-state index is 14.2. The zero-order chi connectivity index (χ0) is 30.0. The number of alkyl halides is 3. The Balaban J connectivity index is 1.17. The number of fused-ring (bicyclic) bond motifs is 1. The summed E-state index contributed by atoms with van der Waals surface area (Å²) in [6.07, 6.45) is -0.263. The third kappa shape index (κ3) is 6.52. The highest BCUT2D eigenvalue weighted by molar-refractivity contribution is 5.70. The van der Waals surface area contributed by atoms with E-state index in [1.165, 1.54) is 24.3 Å². The Labute approximate surface area is 244 Å². The summed E-state index contributed by atoms with van der Waals surface area (Å²) in [6.45, 7) is 1.75. The zero-order valence-corrected chi connectivity index (χ0v) is 22.8. The van der Waals surface area contributed by atoms with Crippen molar-refractivity contribution in [2.45, 2.75) is 31.9 Å². The summed E-state index contributed by atoms with van der Waals surface area (Å²) in [5.41, 5.74) is 1.49. The summed E-state index contributed by atoms with van der Waals surface area (Å²) in [5.74, 6) is -1.79. The van der Waals surface area contributed by atoms with Gasteiger partial charge in [0, 0.05) is 25.4 Å². The Morgan fingerprint density at radius 3 is 2.42 bits per heavy atom. The molecule has 0 spiro atoms. The highest BCUT2D eigenvalue weighted by Gasteiger charge is 2.34. The van der Waals surface area contributed by atoms with Crippen LogP contribution in [0.5, 0.6) is 5.75 Å². The maximum atomic E-state index is 14.2. The third-order valence-electron chi connectivity index (χ3n) is 7.06. The van der Waals surface area contributed by atoms with Gasteiger partial charge in [0.2, 0.25) is 0 Å². The van der Waals surface area contributed by atoms with Crippen molar-refractivity contribution in [3.8, 4) is 39.7 Å². The van der Waals surface area contributed by atoms with Crippen molar-refractivity contribution in [3.63, 3.8) is 0 Å². The zero-order valence-electron chi connectivity index (χ0n) is 22.8. The lowest BCUT2D eigenvalue weighted by atomic mass is 9.98. The van der Waals surface area contributed by atoms with Gasteiger partial charge in [0.15, 0.2) is 23.7 Å². The van der Waals surface area contributed by atoms with E-state index < -0.39 is 29.7 Å². The summed E-state index contributed by atoms with van der Waals surface area (Å²) < 4.78 is 88.3. The molecule has 0 unspecified atom stereocenters. The molecule has 6 nitrogen and oxygen atoms in total. The van der Waals surface area contributed by atoms with E-state index in [-0.39, 0.29) is 29.3 Å². The van der Waals surface area contributed by atoms with Crippen molar-refractivity contribution in [1.29, 1.82) is 0 Å². The van der Waals surface area contributed by atoms with Gasteiger partial charge in [-0.05, 0) is 53.4 Å². The fourth-order valence-corrected chi connectivity index (χ4v) is 4.92. The van der Waals surface area contributed by atoms with Gasteiger partial charge in [-0.3, -0.25) is 0 Å². The van der Waals surface area contributed by atoms with Crippen LogP contribution < -0.4 is 4.74 Å². The molecule has 3 aromatic rings. The summed E-state index contributed by atoms with van der Waals surface area (Å²) in [4.78, 5) is 8.66. The molecule has 0 bridgehead atoms. The van der Waals surface area contributed by atoms with Crippen LogP contribution in [0.3, 0.4) is 0 Å². The van der Waals surface area contributed by atoms with Gasteiger partial charge in [-0.15, -0.1) is 0 Å². The molecular weight excluding hydrogens is 569 g/mol. The first-order chi connectivity index (χ1) is 20.7. The minimum Gasteiger partial charge on any atom is -0.493 e. The standard InChI is InChI=1S/C32H26F5N3O3/c33-26-4-1-3-24(30(26)34)31-38-27-11-13-40(19-28(27)39-31)18-20-5-7-21(8-6-20)23-10-9-22(17-25(23)32(35,36)37)41-16-12-29-42-14-2-15-43-29/h1,3-11,13,17,19,29H,2,12,14-16,18H2. The van der Waals surface area contributed by atoms with Crippen LogP contribution in [0.2, 0.25) is 0 Å². The molecule has 11 heteroatoms. The second kappa shape index (κ2) is 12.1. The van der Waals surface area contributed by atoms with E-state index in [9.17, 15) is 22.0 Å². The average molecular weight is 596 g/mol. The quantitative estimate of drug-likeness (QED) is 0.173. The van der Waals surface area contributed by atoms with Crippen LogP contribution in [0.15, 0.2) is 79.1 Å². The Bertz CT molecular complexity index is 1680. The largest absolute Gasteiger partial charge is 0.493 e. The third-order valence-corrected chi connectivity index (χ3v) is 7.06. The van der Waals surface area contributed by atoms with Gasteiger partial charge < -0.3 is 18.8 Å². The van der Waals surface area contributed by atoms with Gasteiger partial charge in [0.05, 0.1) is 36.6 Å². The molecule has 0 radical (unpaired) electrons. The van der Waals surface area contributed by atoms with E-state index in [0.29, 0.717) is 43.1 Å². The molecule has 3 aliphatic heterocycles. The first kappa shape index (κ1) is 28.8. The number of aromatic nitrogens is 3. The number of hydrogen-bond donors (Lipinski definition) is 0. The van der Waals surface area contributed by atoms with Crippen molar-refractivity contribution in [2.75, 3.05) is 19.8 Å². The smallest absolute Gasteiger partial charge is 0.417 e. The second-order valence-corrected chi connectivity index (χ2v) is 10.1. The Hall–Kier alpha value is -4.35. The number of nitrogens with zero attached hydrogens (tertiary/aromatic N) is 3. The molecule has 0 amide bonds. The van der Waals surface area contributed by atoms with Crippen molar-refractivity contribution < 1.29 is 36.2 Å². The summed E-state index contributed by atoms with van der Waals surface area (Å²) >= 11 is 0. The number of imidazole rings is 1. The average Bonchev–Trinajstić information content (AvgIpc) is 3.42. The van der Waals surface area contributed by atoms with Crippen LogP contribution >= 0.6 is 0 Å². The molecular formula is C32H26F5N3O3. The molecule has 3 heterocycles. The lowest BCUT2D eigenvalue weighted by molar-refractivity contribution is -0.183. The van der Waals surface area contributed by atoms with Crippen LogP contribution in [0.25, 0.3) is 33.9 Å². The summed E-state index contributed by atoms with van der Waals surface area (Å²) in [7, 11) is 0. The highest BCUT2D eigenvalue weighted by atomic mass is 19.4. The van der Waals surface area contributed by atoms with E-state index in [1.807, 2.05) is 4.57 Å². The van der Waals surface area contributed by atoms with Crippen molar-refractivity contribution in [3.05, 3.63) is 102 Å². The summed E-state index contributed by atoms with van der Waals surface area (Å²) in [5, 5.41) is 0. The fraction of sp³-hybridized carbons (Fsp3) is 0.250. The number of pyridine rings is 1. The molecule has 0 aliphatic carbocycles. The number of rotatable bonds is 8. The van der Waals surface area contributed by atoms with Crippen LogP contribution in [0, 0.1) is 11.6 Å². The van der Waals surface area contributed by atoms with Gasteiger partial charge in [-0.25, -0.2) is 18.7 Å². The Kier molecular flexibility index (Phi) is 8.09. The van der Waals surface area contributed by atoms with Crippen LogP contribution in [0.4, 0.5) is 22.0 Å². The minimum atomic E-state index is -4.58. The van der Waals surface area contributed by atoms with E-state index in [2.05, 4.69) is 9.97 Å². The van der Waals surface area contributed by atoms with Gasteiger partial charge in [-0.2, -0.15) is 13.2 Å². The van der Waals surface area contributed by atoms with Gasteiger partial charge in [0.25, 0.3) is 0 Å². The van der Waals surface area contributed by atoms with E-state index >= 15 is 0 Å². The van der Waals surface area contributed by atoms with Crippen molar-refractivity contribution in [2.24, 2.45) is 0 Å². The molecule has 222 valence electrons. The normalized spacial score (nSPS) is 14.3. The van der Waals surface area contributed by atoms with Crippen LogP contribution in [0.1, 0.15) is 24.0 Å². The number of hydrogen-bond acceptors (Lipinski definition) is 5. The Morgan fingerprint density at radius 2 is 1.65 bits per heavy atom. The molecule has 3 aliphatic rings. The molecule has 0 saturated carbocycles. The van der Waals surface area contributed by atoms with E-state index in [4.69, 9.17) is 14.2 Å². The monoisotopic (exact) mass is 595 g/mol. The molecule has 3 aromatic carbocycles. The lowest BCUT2D eigenvalue weighted by Gasteiger charge is -2.23. The maximum Gasteiger partial charge on any atom is 0.417 e. The number of halogens is 5. The molecule has 1 saturated heterocycles. The molecule has 1 fully saturated rings. The topological polar surface area (TPSA) is 58.4 Å². The molecule has 0 aromatic heterocycles. The molecule has 6 rings (SSSR count). The van der Waals surface area contributed by atoms with E-state index in [0.717, 1.165) is 24.1 Å². The van der Waals surface area contributed by atoms with Crippen LogP contribution in [-0.2, 0) is 22.2 Å². The highest BCUT2D eigenvalue weighted by Crippen LogP contribution is 2.39. The van der Waals surface area contributed by atoms with Crippen molar-refractivity contribution in [1.82, 2.24) is 14.5 Å². The fourth-order valence-electron chi connectivity index (χ4n) is 4.92. The number of benzene rings is 3. The van der Waals surface area contributed by atoms with Crippen molar-refractivity contribution >= 4 is 0 Å². The predicted molar refractivity (Wildman–Crippen MR) is 148 cm³/mol. The molecule has 43 heavy (non-hydrogen) atoms. The predicted octanol–water partition coefficient (Wildman–Crippen LogP) is 7.59. The second-order valence-electron chi connectivity index (χ2n) is 10.1. The summed E-state index contributed by atoms with van der Waals surface area (Å²) in [6, 6.07) is 16.3. The number of ether oxygens (including phenoxy) is 3.